The molecule has 180 valence electrons. The molecule has 10 nitrogen and oxygen atoms in total. The van der Waals surface area contributed by atoms with Crippen LogP contribution >= 0.6 is 0 Å². The van der Waals surface area contributed by atoms with Gasteiger partial charge in [-0.05, 0) is 50.7 Å². The van der Waals surface area contributed by atoms with Gasteiger partial charge in [-0.25, -0.2) is 27.1 Å². The second-order valence-electron chi connectivity index (χ2n) is 7.02. The Hall–Kier alpha value is -3.90. The van der Waals surface area contributed by atoms with Crippen molar-refractivity contribution in [1.29, 1.82) is 0 Å². The lowest BCUT2D eigenvalue weighted by Gasteiger charge is -2.10. The van der Waals surface area contributed by atoms with Crippen LogP contribution in [0.2, 0.25) is 0 Å². The number of nitrogens with one attached hydrogen (secondary N) is 1. The van der Waals surface area contributed by atoms with Crippen LogP contribution in [-0.2, 0) is 26.0 Å². The van der Waals surface area contributed by atoms with E-state index in [1.54, 1.807) is 39.1 Å². The quantitative estimate of drug-likeness (QED) is 0.424. The van der Waals surface area contributed by atoms with Crippen LogP contribution in [0.1, 0.15) is 17.0 Å². The molecule has 0 fully saturated rings. The van der Waals surface area contributed by atoms with Crippen molar-refractivity contribution >= 4 is 21.8 Å². The number of nitrogens with zero attached hydrogens (tertiary/aromatic N) is 3. The Morgan fingerprint density at radius 2 is 1.74 bits per heavy atom. The third-order valence-corrected chi connectivity index (χ3v) is 5.96. The van der Waals surface area contributed by atoms with E-state index in [2.05, 4.69) is 15.4 Å². The molecule has 0 amide bonds. The number of aliphatic carboxylic acids is 2. The van der Waals surface area contributed by atoms with E-state index in [1.165, 1.54) is 24.4 Å². The fraction of sp³-hybridized carbons (Fsp3) is 0.182. The first-order valence-electron chi connectivity index (χ1n) is 9.77. The summed E-state index contributed by atoms with van der Waals surface area (Å²) in [6, 6.07) is 9.04. The third-order valence-electron chi connectivity index (χ3n) is 4.25. The largest absolute Gasteiger partial charge is 0.478 e. The Kier molecular flexibility index (Phi) is 8.76. The second kappa shape index (κ2) is 11.3. The Bertz CT molecular complexity index is 1300. The van der Waals surface area contributed by atoms with Crippen molar-refractivity contribution in [3.63, 3.8) is 0 Å². The van der Waals surface area contributed by atoms with Crippen LogP contribution in [0.15, 0.2) is 64.7 Å². The minimum atomic E-state index is -3.92. The molecular weight excluding hydrogens is 467 g/mol. The van der Waals surface area contributed by atoms with Crippen LogP contribution in [-0.4, -0.2) is 52.4 Å². The molecule has 2 heterocycles. The predicted octanol–water partition coefficient (Wildman–Crippen LogP) is 2.29. The van der Waals surface area contributed by atoms with Gasteiger partial charge in [0.05, 0.1) is 10.6 Å². The number of pyridine rings is 1. The Morgan fingerprint density at radius 3 is 2.26 bits per heavy atom. The summed E-state index contributed by atoms with van der Waals surface area (Å²) < 4.78 is 41.8. The number of hydrogen-bond acceptors (Lipinski definition) is 7. The summed E-state index contributed by atoms with van der Waals surface area (Å²) in [4.78, 5) is 23.2. The van der Waals surface area contributed by atoms with Gasteiger partial charge in [-0.15, -0.1) is 0 Å². The van der Waals surface area contributed by atoms with Gasteiger partial charge in [0.2, 0.25) is 9.84 Å². The summed E-state index contributed by atoms with van der Waals surface area (Å²) in [5.74, 6) is -3.06. The summed E-state index contributed by atoms with van der Waals surface area (Å²) in [5, 5.41) is 22.7. The molecule has 12 heteroatoms. The van der Waals surface area contributed by atoms with E-state index in [4.69, 9.17) is 10.2 Å². The zero-order valence-corrected chi connectivity index (χ0v) is 19.4. The van der Waals surface area contributed by atoms with Crippen LogP contribution < -0.4 is 5.32 Å². The average Bonchev–Trinajstić information content (AvgIpc) is 3.19. The fourth-order valence-electron chi connectivity index (χ4n) is 2.70. The zero-order valence-electron chi connectivity index (χ0n) is 18.6. The van der Waals surface area contributed by atoms with Crippen molar-refractivity contribution in [3.8, 4) is 5.69 Å². The highest BCUT2D eigenvalue weighted by Crippen LogP contribution is 2.26. The van der Waals surface area contributed by atoms with Crippen molar-refractivity contribution in [2.24, 2.45) is 0 Å². The molecule has 3 rings (SSSR count). The normalized spacial score (nSPS) is 11.2. The summed E-state index contributed by atoms with van der Waals surface area (Å²) in [6.45, 7) is 3.93. The van der Waals surface area contributed by atoms with Gasteiger partial charge >= 0.3 is 11.9 Å². The molecule has 0 unspecified atom stereocenters. The van der Waals surface area contributed by atoms with E-state index < -0.39 is 27.6 Å². The Labute approximate surface area is 195 Å². The predicted molar refractivity (Wildman–Crippen MR) is 120 cm³/mol. The highest BCUT2D eigenvalue weighted by Gasteiger charge is 2.26. The van der Waals surface area contributed by atoms with Gasteiger partial charge in [-0.3, -0.25) is 4.98 Å². The van der Waals surface area contributed by atoms with Gasteiger partial charge in [0.1, 0.15) is 11.5 Å². The van der Waals surface area contributed by atoms with Crippen LogP contribution in [0.25, 0.3) is 5.69 Å². The summed E-state index contributed by atoms with van der Waals surface area (Å²) in [7, 11) is -2.19. The lowest BCUT2D eigenvalue weighted by molar-refractivity contribution is -0.134. The van der Waals surface area contributed by atoms with Crippen LogP contribution in [0.4, 0.5) is 4.39 Å². The molecular formula is C22H23FN4O6S. The van der Waals surface area contributed by atoms with Gasteiger partial charge < -0.3 is 15.5 Å². The SMILES string of the molecule is CNCc1cc(S(=O)(=O)c2ccc(C)nc2)n(-c2cc(C)ccc2F)n1.O=C(O)C=CC(=O)O. The van der Waals surface area contributed by atoms with E-state index in [0.29, 0.717) is 30.1 Å². The Morgan fingerprint density at radius 1 is 1.09 bits per heavy atom. The number of hydrogen-bond donors (Lipinski definition) is 3. The molecule has 0 saturated heterocycles. The number of carboxylic acid groups (broad SMARTS) is 2. The standard InChI is InChI=1S/C18H19FN4O2S.C4H4O4/c1-12-4-7-16(19)17(8-12)23-18(9-14(22-23)10-20-3)26(24,25)15-6-5-13(2)21-11-15;5-3(6)1-2-4(7)8/h4-9,11,20H,10H2,1-3H3;1-2H,(H,5,6)(H,7,8). The summed E-state index contributed by atoms with van der Waals surface area (Å²) in [5.41, 5.74) is 2.09. The molecule has 3 aromatic rings. The van der Waals surface area contributed by atoms with E-state index in [0.717, 1.165) is 10.2 Å². The average molecular weight is 491 g/mol. The maximum Gasteiger partial charge on any atom is 0.328 e. The second-order valence-corrected chi connectivity index (χ2v) is 8.92. The van der Waals surface area contributed by atoms with E-state index in [9.17, 15) is 22.4 Å². The molecule has 1 aromatic carbocycles. The topological polar surface area (TPSA) is 151 Å². The van der Waals surface area contributed by atoms with Gasteiger partial charge in [0, 0.05) is 36.7 Å². The maximum atomic E-state index is 14.4. The van der Waals surface area contributed by atoms with Crippen molar-refractivity contribution in [2.45, 2.75) is 30.3 Å². The minimum Gasteiger partial charge on any atom is -0.478 e. The van der Waals surface area contributed by atoms with Crippen molar-refractivity contribution in [3.05, 3.63) is 77.5 Å². The van der Waals surface area contributed by atoms with Crippen LogP contribution in [0, 0.1) is 19.7 Å². The zero-order chi connectivity index (χ0) is 25.5. The van der Waals surface area contributed by atoms with Gasteiger partial charge in [0.25, 0.3) is 0 Å². The highest BCUT2D eigenvalue weighted by atomic mass is 32.2. The molecule has 0 saturated carbocycles. The molecule has 3 N–H and O–H groups in total. The summed E-state index contributed by atoms with van der Waals surface area (Å²) >= 11 is 0. The number of rotatable bonds is 7. The number of carboxylic acids is 2. The van der Waals surface area contributed by atoms with E-state index >= 15 is 0 Å². The number of benzene rings is 1. The van der Waals surface area contributed by atoms with Gasteiger partial charge in [0.15, 0.2) is 5.03 Å². The lowest BCUT2D eigenvalue weighted by atomic mass is 10.2. The first-order chi connectivity index (χ1) is 15.9. The van der Waals surface area contributed by atoms with Gasteiger partial charge in [-0.2, -0.15) is 5.10 Å². The molecule has 0 spiro atoms. The molecule has 34 heavy (non-hydrogen) atoms. The molecule has 0 radical (unpaired) electrons. The van der Waals surface area contributed by atoms with Crippen molar-refractivity contribution in [1.82, 2.24) is 20.1 Å². The smallest absolute Gasteiger partial charge is 0.328 e. The molecule has 0 atom stereocenters. The minimum absolute atomic E-state index is 0.0355. The molecule has 0 aliphatic carbocycles. The molecule has 0 aliphatic rings. The van der Waals surface area contributed by atoms with Crippen LogP contribution in [0.3, 0.4) is 0 Å². The number of carbonyl (C=O) groups is 2. The number of halogens is 1. The number of sulfone groups is 1. The van der Waals surface area contributed by atoms with E-state index in [1.807, 2.05) is 0 Å². The van der Waals surface area contributed by atoms with E-state index in [-0.39, 0.29) is 15.6 Å². The third kappa shape index (κ3) is 6.80. The van der Waals surface area contributed by atoms with Crippen LogP contribution in [0.5, 0.6) is 0 Å². The van der Waals surface area contributed by atoms with Crippen molar-refractivity contribution < 1.29 is 32.6 Å². The number of aryl methyl sites for hydroxylation is 2. The molecule has 0 bridgehead atoms. The number of aromatic nitrogens is 3. The molecule has 0 aliphatic heterocycles. The fourth-order valence-corrected chi connectivity index (χ4v) is 4.04. The lowest BCUT2D eigenvalue weighted by Crippen LogP contribution is -2.12. The first-order valence-corrected chi connectivity index (χ1v) is 11.3. The molecule has 2 aromatic heterocycles. The Balaban J connectivity index is 0.000000440. The van der Waals surface area contributed by atoms with Crippen molar-refractivity contribution in [2.75, 3.05) is 7.05 Å². The first kappa shape index (κ1) is 26.4. The highest BCUT2D eigenvalue weighted by molar-refractivity contribution is 7.91. The maximum absolute atomic E-state index is 14.4. The van der Waals surface area contributed by atoms with Gasteiger partial charge in [-0.1, -0.05) is 6.07 Å². The monoisotopic (exact) mass is 490 g/mol. The summed E-state index contributed by atoms with van der Waals surface area (Å²) in [6.07, 6.45) is 2.41.